The maximum atomic E-state index is 6.11. The van der Waals surface area contributed by atoms with Crippen molar-refractivity contribution in [3.63, 3.8) is 0 Å². The summed E-state index contributed by atoms with van der Waals surface area (Å²) in [5.74, 6) is 0. The molecule has 0 spiro atoms. The molecule has 2 nitrogen and oxygen atoms in total. The van der Waals surface area contributed by atoms with Crippen LogP contribution in [0.15, 0.2) is 48.5 Å². The molecule has 0 aliphatic rings. The Bertz CT molecular complexity index is 540. The molecule has 20 heavy (non-hydrogen) atoms. The van der Waals surface area contributed by atoms with Crippen LogP contribution >= 0.6 is 11.6 Å². The summed E-state index contributed by atoms with van der Waals surface area (Å²) in [6.07, 6.45) is 0. The molecule has 0 saturated carbocycles. The Balaban J connectivity index is 1.79. The fraction of sp³-hybridized carbons (Fsp3) is 0.294. The molecular formula is C17H21ClN2. The van der Waals surface area contributed by atoms with E-state index in [2.05, 4.69) is 47.6 Å². The van der Waals surface area contributed by atoms with Crippen LogP contribution < -0.4 is 5.32 Å². The highest BCUT2D eigenvalue weighted by Crippen LogP contribution is 2.22. The van der Waals surface area contributed by atoms with Crippen molar-refractivity contribution < 1.29 is 0 Å². The molecule has 3 heteroatoms. The standard InChI is InChI=1S/C17H21ClN2/c1-14-16(18)9-6-10-17(14)19-11-12-20(2)13-15-7-4-3-5-8-15/h3-10,19H,11-13H2,1-2H3. The molecule has 0 fully saturated rings. The van der Waals surface area contributed by atoms with Gasteiger partial charge >= 0.3 is 0 Å². The van der Waals surface area contributed by atoms with Gasteiger partial charge in [0.25, 0.3) is 0 Å². The van der Waals surface area contributed by atoms with Crippen LogP contribution in [0.1, 0.15) is 11.1 Å². The summed E-state index contributed by atoms with van der Waals surface area (Å²) in [5, 5.41) is 4.26. The maximum absolute atomic E-state index is 6.11. The zero-order valence-corrected chi connectivity index (χ0v) is 12.8. The van der Waals surface area contributed by atoms with E-state index in [1.54, 1.807) is 0 Å². The average molecular weight is 289 g/mol. The molecule has 2 aromatic carbocycles. The Hall–Kier alpha value is -1.51. The highest BCUT2D eigenvalue weighted by molar-refractivity contribution is 6.31. The summed E-state index contributed by atoms with van der Waals surface area (Å²) in [4.78, 5) is 2.31. The minimum atomic E-state index is 0.813. The number of hydrogen-bond donors (Lipinski definition) is 1. The summed E-state index contributed by atoms with van der Waals surface area (Å²) in [6, 6.07) is 16.5. The van der Waals surface area contributed by atoms with Crippen molar-refractivity contribution in [1.82, 2.24) is 4.90 Å². The number of nitrogens with zero attached hydrogens (tertiary/aromatic N) is 1. The van der Waals surface area contributed by atoms with Crippen LogP contribution in [0.4, 0.5) is 5.69 Å². The van der Waals surface area contributed by atoms with Gasteiger partial charge < -0.3 is 10.2 Å². The van der Waals surface area contributed by atoms with Crippen molar-refractivity contribution >= 4 is 17.3 Å². The van der Waals surface area contributed by atoms with Crippen molar-refractivity contribution in [2.45, 2.75) is 13.5 Å². The third kappa shape index (κ3) is 4.26. The third-order valence-corrected chi connectivity index (χ3v) is 3.78. The first-order valence-corrected chi connectivity index (χ1v) is 7.26. The van der Waals surface area contributed by atoms with Gasteiger partial charge in [0.2, 0.25) is 0 Å². The number of nitrogens with one attached hydrogen (secondary N) is 1. The highest BCUT2D eigenvalue weighted by atomic mass is 35.5. The summed E-state index contributed by atoms with van der Waals surface area (Å²) >= 11 is 6.11. The summed E-state index contributed by atoms with van der Waals surface area (Å²) in [5.41, 5.74) is 3.57. The Morgan fingerprint density at radius 2 is 1.80 bits per heavy atom. The summed E-state index contributed by atoms with van der Waals surface area (Å²) in [6.45, 7) is 4.90. The van der Waals surface area contributed by atoms with Gasteiger partial charge in [-0.15, -0.1) is 0 Å². The maximum Gasteiger partial charge on any atom is 0.0455 e. The molecule has 0 unspecified atom stereocenters. The normalized spacial score (nSPS) is 10.8. The van der Waals surface area contributed by atoms with E-state index in [1.165, 1.54) is 5.56 Å². The van der Waals surface area contributed by atoms with Crippen molar-refractivity contribution in [3.05, 3.63) is 64.7 Å². The van der Waals surface area contributed by atoms with Crippen LogP contribution in [-0.2, 0) is 6.54 Å². The summed E-state index contributed by atoms with van der Waals surface area (Å²) in [7, 11) is 2.14. The first-order valence-electron chi connectivity index (χ1n) is 6.88. The molecule has 0 saturated heterocycles. The van der Waals surface area contributed by atoms with E-state index in [1.807, 2.05) is 25.1 Å². The van der Waals surface area contributed by atoms with E-state index in [-0.39, 0.29) is 0 Å². The van der Waals surface area contributed by atoms with E-state index < -0.39 is 0 Å². The van der Waals surface area contributed by atoms with E-state index in [0.29, 0.717) is 0 Å². The Kier molecular flexibility index (Phi) is 5.45. The molecule has 0 radical (unpaired) electrons. The molecule has 0 atom stereocenters. The van der Waals surface area contributed by atoms with Crippen LogP contribution in [0.3, 0.4) is 0 Å². The highest BCUT2D eigenvalue weighted by Gasteiger charge is 2.03. The fourth-order valence-electron chi connectivity index (χ4n) is 2.15. The topological polar surface area (TPSA) is 15.3 Å². The third-order valence-electron chi connectivity index (χ3n) is 3.37. The van der Waals surface area contributed by atoms with Crippen LogP contribution in [0.5, 0.6) is 0 Å². The van der Waals surface area contributed by atoms with Crippen LogP contribution in [-0.4, -0.2) is 25.0 Å². The molecule has 0 bridgehead atoms. The number of anilines is 1. The van der Waals surface area contributed by atoms with Crippen molar-refractivity contribution in [2.75, 3.05) is 25.5 Å². The zero-order chi connectivity index (χ0) is 14.4. The number of rotatable bonds is 6. The quantitative estimate of drug-likeness (QED) is 0.857. The van der Waals surface area contributed by atoms with Crippen LogP contribution in [0.25, 0.3) is 0 Å². The molecule has 0 heterocycles. The predicted octanol–water partition coefficient (Wildman–Crippen LogP) is 4.19. The first-order chi connectivity index (χ1) is 9.66. The van der Waals surface area contributed by atoms with Gasteiger partial charge in [0.1, 0.15) is 0 Å². The molecule has 0 aromatic heterocycles. The lowest BCUT2D eigenvalue weighted by Gasteiger charge is -2.18. The summed E-state index contributed by atoms with van der Waals surface area (Å²) < 4.78 is 0. The lowest BCUT2D eigenvalue weighted by atomic mass is 10.2. The molecule has 0 amide bonds. The van der Waals surface area contributed by atoms with Gasteiger partial charge in [-0.2, -0.15) is 0 Å². The molecule has 2 aromatic rings. The molecular weight excluding hydrogens is 268 g/mol. The smallest absolute Gasteiger partial charge is 0.0455 e. The SMILES string of the molecule is Cc1c(Cl)cccc1NCCN(C)Cc1ccccc1. The Morgan fingerprint density at radius 1 is 1.05 bits per heavy atom. The second kappa shape index (κ2) is 7.32. The van der Waals surface area contributed by atoms with Gasteiger partial charge in [-0.25, -0.2) is 0 Å². The molecule has 2 rings (SSSR count). The van der Waals surface area contributed by atoms with Crippen LogP contribution in [0.2, 0.25) is 5.02 Å². The Morgan fingerprint density at radius 3 is 2.55 bits per heavy atom. The second-order valence-corrected chi connectivity index (χ2v) is 5.47. The van der Waals surface area contributed by atoms with Gasteiger partial charge in [-0.1, -0.05) is 48.0 Å². The molecule has 1 N–H and O–H groups in total. The van der Waals surface area contributed by atoms with Crippen LogP contribution in [0, 0.1) is 6.92 Å². The second-order valence-electron chi connectivity index (χ2n) is 5.06. The zero-order valence-electron chi connectivity index (χ0n) is 12.1. The minimum Gasteiger partial charge on any atom is -0.384 e. The van der Waals surface area contributed by atoms with E-state index >= 15 is 0 Å². The molecule has 0 aliphatic heterocycles. The fourth-order valence-corrected chi connectivity index (χ4v) is 2.33. The number of halogens is 1. The van der Waals surface area contributed by atoms with Gasteiger partial charge in [0.15, 0.2) is 0 Å². The predicted molar refractivity (Wildman–Crippen MR) is 87.5 cm³/mol. The van der Waals surface area contributed by atoms with Gasteiger partial charge in [0.05, 0.1) is 0 Å². The van der Waals surface area contributed by atoms with Crippen molar-refractivity contribution in [1.29, 1.82) is 0 Å². The van der Waals surface area contributed by atoms with Gasteiger partial charge in [-0.3, -0.25) is 0 Å². The lowest BCUT2D eigenvalue weighted by Crippen LogP contribution is -2.24. The average Bonchev–Trinajstić information content (AvgIpc) is 2.44. The molecule has 0 aliphatic carbocycles. The number of benzene rings is 2. The van der Waals surface area contributed by atoms with Crippen molar-refractivity contribution in [3.8, 4) is 0 Å². The monoisotopic (exact) mass is 288 g/mol. The number of hydrogen-bond acceptors (Lipinski definition) is 2. The Labute approximate surface area is 126 Å². The molecule has 106 valence electrons. The van der Waals surface area contributed by atoms with E-state index in [4.69, 9.17) is 11.6 Å². The largest absolute Gasteiger partial charge is 0.384 e. The minimum absolute atomic E-state index is 0.813. The first kappa shape index (κ1) is 14.9. The lowest BCUT2D eigenvalue weighted by molar-refractivity contribution is 0.340. The van der Waals surface area contributed by atoms with E-state index in [9.17, 15) is 0 Å². The van der Waals surface area contributed by atoms with Gasteiger partial charge in [0, 0.05) is 30.3 Å². The van der Waals surface area contributed by atoms with Gasteiger partial charge in [-0.05, 0) is 37.2 Å². The van der Waals surface area contributed by atoms with Crippen molar-refractivity contribution in [2.24, 2.45) is 0 Å². The number of likely N-dealkylation sites (N-methyl/N-ethyl adjacent to an activating group) is 1. The van der Waals surface area contributed by atoms with E-state index in [0.717, 1.165) is 35.9 Å².